The second-order valence-corrected chi connectivity index (χ2v) is 5.06. The van der Waals surface area contributed by atoms with Crippen molar-refractivity contribution in [3.05, 3.63) is 23.4 Å². The van der Waals surface area contributed by atoms with Crippen LogP contribution in [0.5, 0.6) is 0 Å². The molecule has 1 heterocycles. The number of hydrogen-bond donors (Lipinski definition) is 0. The van der Waals surface area contributed by atoms with Gasteiger partial charge in [-0.2, -0.15) is 0 Å². The Bertz CT molecular complexity index is 378. The maximum Gasteiger partial charge on any atom is 0.131 e. The molecule has 0 fully saturated rings. The van der Waals surface area contributed by atoms with Gasteiger partial charge in [-0.15, -0.1) is 0 Å². The number of aryl methyl sites for hydroxylation is 1. The SMILES string of the molecule is CCOCCN(CCOCC)c1ncc(CBr)cc1C. The number of anilines is 1. The summed E-state index contributed by atoms with van der Waals surface area (Å²) < 4.78 is 10.9. The molecule has 1 rings (SSSR count). The van der Waals surface area contributed by atoms with E-state index in [1.807, 2.05) is 20.0 Å². The average molecular weight is 345 g/mol. The fraction of sp³-hybridized carbons (Fsp3) is 0.667. The Labute approximate surface area is 130 Å². The summed E-state index contributed by atoms with van der Waals surface area (Å²) in [6, 6.07) is 2.17. The molecule has 0 amide bonds. The van der Waals surface area contributed by atoms with E-state index in [0.717, 1.165) is 37.5 Å². The minimum absolute atomic E-state index is 0.712. The molecule has 0 bridgehead atoms. The molecule has 1 aromatic heterocycles. The zero-order valence-electron chi connectivity index (χ0n) is 12.7. The van der Waals surface area contributed by atoms with Gasteiger partial charge in [0, 0.05) is 37.8 Å². The first-order valence-electron chi connectivity index (χ1n) is 7.14. The first-order valence-corrected chi connectivity index (χ1v) is 8.27. The number of alkyl halides is 1. The molecular formula is C15H25BrN2O2. The van der Waals surface area contributed by atoms with E-state index in [0.29, 0.717) is 13.2 Å². The summed E-state index contributed by atoms with van der Waals surface area (Å²) in [4.78, 5) is 6.83. The van der Waals surface area contributed by atoms with Gasteiger partial charge in [-0.3, -0.25) is 0 Å². The molecular weight excluding hydrogens is 320 g/mol. The standard InChI is InChI=1S/C15H25BrN2O2/c1-4-19-8-6-18(7-9-20-5-2)15-13(3)10-14(11-16)12-17-15/h10,12H,4-9,11H2,1-3H3. The Hall–Kier alpha value is -0.650. The van der Waals surface area contributed by atoms with Crippen molar-refractivity contribution in [2.75, 3.05) is 44.4 Å². The van der Waals surface area contributed by atoms with Gasteiger partial charge in [0.2, 0.25) is 0 Å². The lowest BCUT2D eigenvalue weighted by molar-refractivity contribution is 0.141. The highest BCUT2D eigenvalue weighted by Crippen LogP contribution is 2.19. The lowest BCUT2D eigenvalue weighted by atomic mass is 10.2. The van der Waals surface area contributed by atoms with Gasteiger partial charge in [0.05, 0.1) is 13.2 Å². The second-order valence-electron chi connectivity index (χ2n) is 4.50. The van der Waals surface area contributed by atoms with Crippen LogP contribution in [0.15, 0.2) is 12.3 Å². The van der Waals surface area contributed by atoms with Crippen LogP contribution >= 0.6 is 15.9 Å². The largest absolute Gasteiger partial charge is 0.380 e. The van der Waals surface area contributed by atoms with Gasteiger partial charge < -0.3 is 14.4 Å². The molecule has 20 heavy (non-hydrogen) atoms. The molecule has 0 atom stereocenters. The van der Waals surface area contributed by atoms with Crippen LogP contribution in [0, 0.1) is 6.92 Å². The van der Waals surface area contributed by atoms with Crippen molar-refractivity contribution in [3.63, 3.8) is 0 Å². The van der Waals surface area contributed by atoms with E-state index >= 15 is 0 Å². The lowest BCUT2D eigenvalue weighted by Gasteiger charge is -2.25. The Morgan fingerprint density at radius 1 is 1.15 bits per heavy atom. The molecule has 0 aliphatic heterocycles. The predicted octanol–water partition coefficient (Wildman–Crippen LogP) is 3.16. The highest BCUT2D eigenvalue weighted by Gasteiger charge is 2.11. The third kappa shape index (κ3) is 5.77. The zero-order valence-corrected chi connectivity index (χ0v) is 14.3. The summed E-state index contributed by atoms with van der Waals surface area (Å²) in [5, 5.41) is 0.832. The number of rotatable bonds is 10. The van der Waals surface area contributed by atoms with Gasteiger partial charge in [0.1, 0.15) is 5.82 Å². The Morgan fingerprint density at radius 3 is 2.20 bits per heavy atom. The van der Waals surface area contributed by atoms with Crippen molar-refractivity contribution in [1.82, 2.24) is 4.98 Å². The molecule has 0 aliphatic rings. The molecule has 5 heteroatoms. The lowest BCUT2D eigenvalue weighted by Crippen LogP contribution is -2.32. The molecule has 0 N–H and O–H groups in total. The van der Waals surface area contributed by atoms with Gasteiger partial charge in [-0.1, -0.05) is 22.0 Å². The molecule has 0 saturated heterocycles. The Balaban J connectivity index is 2.73. The van der Waals surface area contributed by atoms with Crippen molar-refractivity contribution in [2.45, 2.75) is 26.1 Å². The van der Waals surface area contributed by atoms with Crippen molar-refractivity contribution >= 4 is 21.7 Å². The molecule has 0 radical (unpaired) electrons. The number of pyridine rings is 1. The summed E-state index contributed by atoms with van der Waals surface area (Å²) in [7, 11) is 0. The summed E-state index contributed by atoms with van der Waals surface area (Å²) in [6.45, 7) is 10.7. The summed E-state index contributed by atoms with van der Waals surface area (Å²) >= 11 is 3.46. The van der Waals surface area contributed by atoms with Crippen LogP contribution < -0.4 is 4.90 Å². The van der Waals surface area contributed by atoms with Crippen molar-refractivity contribution < 1.29 is 9.47 Å². The van der Waals surface area contributed by atoms with Crippen LogP contribution in [-0.2, 0) is 14.8 Å². The van der Waals surface area contributed by atoms with E-state index in [4.69, 9.17) is 9.47 Å². The monoisotopic (exact) mass is 344 g/mol. The number of halogens is 1. The van der Waals surface area contributed by atoms with E-state index in [9.17, 15) is 0 Å². The van der Waals surface area contributed by atoms with Crippen LogP contribution in [0.1, 0.15) is 25.0 Å². The van der Waals surface area contributed by atoms with Crippen molar-refractivity contribution in [2.24, 2.45) is 0 Å². The normalized spacial score (nSPS) is 10.8. The average Bonchev–Trinajstić information content (AvgIpc) is 2.46. The van der Waals surface area contributed by atoms with E-state index in [2.05, 4.69) is 38.8 Å². The fourth-order valence-electron chi connectivity index (χ4n) is 1.99. The third-order valence-corrected chi connectivity index (χ3v) is 3.63. The molecule has 0 aliphatic carbocycles. The molecule has 0 unspecified atom stereocenters. The fourth-order valence-corrected chi connectivity index (χ4v) is 2.30. The number of nitrogens with zero attached hydrogens (tertiary/aromatic N) is 2. The van der Waals surface area contributed by atoms with Crippen LogP contribution in [-0.4, -0.2) is 44.5 Å². The highest BCUT2D eigenvalue weighted by atomic mass is 79.9. The smallest absolute Gasteiger partial charge is 0.131 e. The maximum atomic E-state index is 5.46. The van der Waals surface area contributed by atoms with Gasteiger partial charge in [-0.05, 0) is 31.9 Å². The molecule has 0 spiro atoms. The predicted molar refractivity (Wildman–Crippen MR) is 86.8 cm³/mol. The Kier molecular flexibility index (Phi) is 8.82. The van der Waals surface area contributed by atoms with Gasteiger partial charge in [0.25, 0.3) is 0 Å². The van der Waals surface area contributed by atoms with Crippen LogP contribution in [0.3, 0.4) is 0 Å². The summed E-state index contributed by atoms with van der Waals surface area (Å²) in [5.41, 5.74) is 2.38. The second kappa shape index (κ2) is 10.1. The van der Waals surface area contributed by atoms with Gasteiger partial charge in [0.15, 0.2) is 0 Å². The molecule has 4 nitrogen and oxygen atoms in total. The number of hydrogen-bond acceptors (Lipinski definition) is 4. The number of ether oxygens (including phenoxy) is 2. The van der Waals surface area contributed by atoms with Crippen LogP contribution in [0.2, 0.25) is 0 Å². The van der Waals surface area contributed by atoms with Crippen LogP contribution in [0.25, 0.3) is 0 Å². The highest BCUT2D eigenvalue weighted by molar-refractivity contribution is 9.08. The molecule has 0 saturated carbocycles. The van der Waals surface area contributed by atoms with Crippen molar-refractivity contribution in [3.8, 4) is 0 Å². The summed E-state index contributed by atoms with van der Waals surface area (Å²) in [6.07, 6.45) is 1.92. The first-order chi connectivity index (χ1) is 9.72. The van der Waals surface area contributed by atoms with Crippen LogP contribution in [0.4, 0.5) is 5.82 Å². The Morgan fingerprint density at radius 2 is 1.75 bits per heavy atom. The maximum absolute atomic E-state index is 5.46. The minimum atomic E-state index is 0.712. The minimum Gasteiger partial charge on any atom is -0.380 e. The van der Waals surface area contributed by atoms with Gasteiger partial charge in [-0.25, -0.2) is 4.98 Å². The quantitative estimate of drug-likeness (QED) is 0.482. The van der Waals surface area contributed by atoms with E-state index in [1.165, 1.54) is 11.1 Å². The summed E-state index contributed by atoms with van der Waals surface area (Å²) in [5.74, 6) is 1.02. The van der Waals surface area contributed by atoms with E-state index in [-0.39, 0.29) is 0 Å². The molecule has 0 aromatic carbocycles. The molecule has 1 aromatic rings. The number of aromatic nitrogens is 1. The van der Waals surface area contributed by atoms with Gasteiger partial charge >= 0.3 is 0 Å². The van der Waals surface area contributed by atoms with E-state index in [1.54, 1.807) is 0 Å². The van der Waals surface area contributed by atoms with Crippen molar-refractivity contribution in [1.29, 1.82) is 0 Å². The zero-order chi connectivity index (χ0) is 14.8. The molecule has 114 valence electrons. The third-order valence-electron chi connectivity index (χ3n) is 2.98. The first kappa shape index (κ1) is 17.4. The topological polar surface area (TPSA) is 34.6 Å². The van der Waals surface area contributed by atoms with E-state index < -0.39 is 0 Å².